The van der Waals surface area contributed by atoms with Crippen LogP contribution in [0.4, 0.5) is 0 Å². The summed E-state index contributed by atoms with van der Waals surface area (Å²) in [5.74, 6) is -0.192. The van der Waals surface area contributed by atoms with Crippen LogP contribution in [0.3, 0.4) is 0 Å². The van der Waals surface area contributed by atoms with Gasteiger partial charge in [0.05, 0.1) is 5.92 Å². The molecule has 0 aliphatic rings. The summed E-state index contributed by atoms with van der Waals surface area (Å²) < 4.78 is 6.46. The lowest BCUT2D eigenvalue weighted by atomic mass is 9.98. The van der Waals surface area contributed by atoms with Crippen molar-refractivity contribution in [3.8, 4) is 5.75 Å². The van der Waals surface area contributed by atoms with Gasteiger partial charge < -0.3 is 9.84 Å². The lowest BCUT2D eigenvalue weighted by Crippen LogP contribution is -2.23. The first-order chi connectivity index (χ1) is 7.99. The van der Waals surface area contributed by atoms with E-state index in [2.05, 4.69) is 15.9 Å². The van der Waals surface area contributed by atoms with Gasteiger partial charge in [-0.15, -0.1) is 0 Å². The molecule has 1 aromatic rings. The average molecular weight is 301 g/mol. The van der Waals surface area contributed by atoms with E-state index < -0.39 is 11.9 Å². The van der Waals surface area contributed by atoms with Crippen LogP contribution in [0, 0.1) is 11.8 Å². The highest BCUT2D eigenvalue weighted by molar-refractivity contribution is 9.10. The fourth-order valence-electron chi connectivity index (χ4n) is 1.54. The molecular formula is C13H17BrO3. The summed E-state index contributed by atoms with van der Waals surface area (Å²) in [7, 11) is 0. The molecule has 0 amide bonds. The number of carbonyl (C=O) groups is 1. The number of hydrogen-bond acceptors (Lipinski definition) is 2. The predicted molar refractivity (Wildman–Crippen MR) is 70.2 cm³/mol. The lowest BCUT2D eigenvalue weighted by Gasteiger charge is -2.15. The maximum Gasteiger partial charge on any atom is 0.309 e. The second-order valence-electron chi connectivity index (χ2n) is 4.43. The van der Waals surface area contributed by atoms with Crippen molar-refractivity contribution < 1.29 is 14.6 Å². The molecule has 1 aromatic carbocycles. The number of aliphatic carboxylic acids is 1. The van der Waals surface area contributed by atoms with Crippen LogP contribution in [0.25, 0.3) is 0 Å². The van der Waals surface area contributed by atoms with Crippen molar-refractivity contribution in [2.24, 2.45) is 11.8 Å². The van der Waals surface area contributed by atoms with E-state index in [-0.39, 0.29) is 6.61 Å². The van der Waals surface area contributed by atoms with Gasteiger partial charge in [-0.1, -0.05) is 29.8 Å². The number of hydrogen-bond donors (Lipinski definition) is 1. The molecule has 0 saturated carbocycles. The van der Waals surface area contributed by atoms with E-state index >= 15 is 0 Å². The van der Waals surface area contributed by atoms with Gasteiger partial charge in [-0.05, 0) is 36.6 Å². The van der Waals surface area contributed by atoms with Gasteiger partial charge in [0.15, 0.2) is 0 Å². The van der Waals surface area contributed by atoms with E-state index in [1.54, 1.807) is 0 Å². The van der Waals surface area contributed by atoms with Gasteiger partial charge in [0.2, 0.25) is 0 Å². The monoisotopic (exact) mass is 300 g/mol. The molecule has 0 aliphatic heterocycles. The Balaban J connectivity index is 2.51. The summed E-state index contributed by atoms with van der Waals surface area (Å²) in [6.07, 6.45) is 0.631. The summed E-state index contributed by atoms with van der Waals surface area (Å²) in [5.41, 5.74) is 0. The van der Waals surface area contributed by atoms with Crippen molar-refractivity contribution in [1.29, 1.82) is 0 Å². The largest absolute Gasteiger partial charge is 0.493 e. The van der Waals surface area contributed by atoms with Gasteiger partial charge >= 0.3 is 5.97 Å². The Kier molecular flexibility index (Phi) is 5.48. The molecule has 1 N–H and O–H groups in total. The molecule has 3 nitrogen and oxygen atoms in total. The predicted octanol–water partition coefficient (Wildman–Crippen LogP) is 3.57. The molecule has 0 aliphatic carbocycles. The van der Waals surface area contributed by atoms with Crippen LogP contribution in [0.5, 0.6) is 5.75 Å². The van der Waals surface area contributed by atoms with Gasteiger partial charge in [-0.2, -0.15) is 0 Å². The minimum Gasteiger partial charge on any atom is -0.493 e. The van der Waals surface area contributed by atoms with Crippen LogP contribution in [0.1, 0.15) is 20.3 Å². The SMILES string of the molecule is CC(C)CC(COc1ccc(Br)cc1)C(=O)O. The number of rotatable bonds is 6. The van der Waals surface area contributed by atoms with Gasteiger partial charge in [-0.3, -0.25) is 4.79 Å². The van der Waals surface area contributed by atoms with Gasteiger partial charge in [-0.25, -0.2) is 0 Å². The molecule has 1 atom stereocenters. The van der Waals surface area contributed by atoms with Gasteiger partial charge in [0, 0.05) is 4.47 Å². The Morgan fingerprint density at radius 3 is 2.41 bits per heavy atom. The van der Waals surface area contributed by atoms with Crippen molar-refractivity contribution in [1.82, 2.24) is 0 Å². The highest BCUT2D eigenvalue weighted by Crippen LogP contribution is 2.18. The fraction of sp³-hybridized carbons (Fsp3) is 0.462. The number of carboxylic acids is 1. The summed E-state index contributed by atoms with van der Waals surface area (Å²) in [6, 6.07) is 7.37. The van der Waals surface area contributed by atoms with Crippen LogP contribution in [-0.2, 0) is 4.79 Å². The van der Waals surface area contributed by atoms with Crippen LogP contribution in [0.2, 0.25) is 0 Å². The van der Waals surface area contributed by atoms with Crippen LogP contribution in [0.15, 0.2) is 28.7 Å². The maximum absolute atomic E-state index is 11.0. The van der Waals surface area contributed by atoms with E-state index in [0.29, 0.717) is 18.1 Å². The molecule has 1 rings (SSSR count). The minimum absolute atomic E-state index is 0.217. The molecule has 0 radical (unpaired) electrons. The zero-order valence-corrected chi connectivity index (χ0v) is 11.6. The zero-order chi connectivity index (χ0) is 12.8. The molecule has 0 fully saturated rings. The van der Waals surface area contributed by atoms with Gasteiger partial charge in [0.25, 0.3) is 0 Å². The molecule has 0 spiro atoms. The molecule has 94 valence electrons. The first-order valence-corrected chi connectivity index (χ1v) is 6.39. The molecule has 0 saturated heterocycles. The maximum atomic E-state index is 11.0. The Morgan fingerprint density at radius 2 is 1.94 bits per heavy atom. The number of carboxylic acid groups (broad SMARTS) is 1. The summed E-state index contributed by atoms with van der Waals surface area (Å²) in [4.78, 5) is 11.0. The topological polar surface area (TPSA) is 46.5 Å². The molecule has 4 heteroatoms. The standard InChI is InChI=1S/C13H17BrO3/c1-9(2)7-10(13(15)16)8-17-12-5-3-11(14)4-6-12/h3-6,9-10H,7-8H2,1-2H3,(H,15,16). The molecule has 17 heavy (non-hydrogen) atoms. The van der Waals surface area contributed by atoms with E-state index in [9.17, 15) is 4.79 Å². The Hall–Kier alpha value is -1.03. The molecule has 0 heterocycles. The van der Waals surface area contributed by atoms with E-state index in [0.717, 1.165) is 4.47 Å². The zero-order valence-electron chi connectivity index (χ0n) is 10.0. The highest BCUT2D eigenvalue weighted by atomic mass is 79.9. The normalized spacial score (nSPS) is 12.5. The third-order valence-electron chi connectivity index (χ3n) is 2.37. The first-order valence-electron chi connectivity index (χ1n) is 5.60. The Morgan fingerprint density at radius 1 is 1.35 bits per heavy atom. The number of halogens is 1. The molecule has 0 aromatic heterocycles. The highest BCUT2D eigenvalue weighted by Gasteiger charge is 2.19. The van der Waals surface area contributed by atoms with E-state index in [1.165, 1.54) is 0 Å². The first kappa shape index (κ1) is 14.0. The molecule has 1 unspecified atom stereocenters. The second-order valence-corrected chi connectivity index (χ2v) is 5.35. The van der Waals surface area contributed by atoms with Crippen molar-refractivity contribution >= 4 is 21.9 Å². The summed E-state index contributed by atoms with van der Waals surface area (Å²) in [6.45, 7) is 4.24. The minimum atomic E-state index is -0.796. The Labute approximate surface area is 110 Å². The lowest BCUT2D eigenvalue weighted by molar-refractivity contribution is -0.143. The van der Waals surface area contributed by atoms with Gasteiger partial charge in [0.1, 0.15) is 12.4 Å². The fourth-order valence-corrected chi connectivity index (χ4v) is 1.80. The third kappa shape index (κ3) is 5.22. The van der Waals surface area contributed by atoms with Crippen molar-refractivity contribution in [3.63, 3.8) is 0 Å². The summed E-state index contributed by atoms with van der Waals surface area (Å²) >= 11 is 3.33. The average Bonchev–Trinajstić information content (AvgIpc) is 2.25. The van der Waals surface area contributed by atoms with Crippen molar-refractivity contribution in [2.75, 3.05) is 6.61 Å². The Bertz CT molecular complexity index is 359. The van der Waals surface area contributed by atoms with Crippen molar-refractivity contribution in [3.05, 3.63) is 28.7 Å². The second kappa shape index (κ2) is 6.64. The number of benzene rings is 1. The summed E-state index contributed by atoms with van der Waals surface area (Å²) in [5, 5.41) is 9.06. The van der Waals surface area contributed by atoms with Crippen LogP contribution >= 0.6 is 15.9 Å². The molecular weight excluding hydrogens is 284 g/mol. The van der Waals surface area contributed by atoms with Crippen LogP contribution in [-0.4, -0.2) is 17.7 Å². The van der Waals surface area contributed by atoms with Crippen molar-refractivity contribution in [2.45, 2.75) is 20.3 Å². The quantitative estimate of drug-likeness (QED) is 0.873. The third-order valence-corrected chi connectivity index (χ3v) is 2.90. The van der Waals surface area contributed by atoms with E-state index in [4.69, 9.17) is 9.84 Å². The van der Waals surface area contributed by atoms with E-state index in [1.807, 2.05) is 38.1 Å². The smallest absolute Gasteiger partial charge is 0.309 e. The van der Waals surface area contributed by atoms with Crippen LogP contribution < -0.4 is 4.74 Å². The molecule has 0 bridgehead atoms. The number of ether oxygens (including phenoxy) is 1.